The van der Waals surface area contributed by atoms with Crippen molar-refractivity contribution in [2.75, 3.05) is 0 Å². The molecule has 2 aromatic carbocycles. The van der Waals surface area contributed by atoms with Crippen LogP contribution in [0.25, 0.3) is 34.3 Å². The van der Waals surface area contributed by atoms with E-state index in [4.69, 9.17) is 4.42 Å². The highest BCUT2D eigenvalue weighted by Crippen LogP contribution is 2.40. The van der Waals surface area contributed by atoms with E-state index in [2.05, 4.69) is 4.98 Å². The standard InChI is InChI=1S/C25H9F5N4O2/c1-34-15-7-11(6-14-16(10(8-31)9-32)12-4-2-3-5-13(12)23(14)35)36-25(15)33-24(34)17-18(26)20(28)22(30)21(29)19(17)27/h2-7H,1H3/b14-6-. The van der Waals surface area contributed by atoms with Crippen LogP contribution >= 0.6 is 0 Å². The zero-order valence-electron chi connectivity index (χ0n) is 18.0. The summed E-state index contributed by atoms with van der Waals surface area (Å²) in [6.07, 6.45) is 1.28. The van der Waals surface area contributed by atoms with Crippen molar-refractivity contribution in [3.05, 3.63) is 87.5 Å². The van der Waals surface area contributed by atoms with Crippen LogP contribution in [-0.2, 0) is 7.05 Å². The fourth-order valence-electron chi connectivity index (χ4n) is 4.08. The SMILES string of the molecule is Cn1c(-c2c(F)c(F)c(F)c(F)c2F)nc2oc(/C=C3\C(=O)c4ccccc4C3=C(C#N)C#N)cc21. The highest BCUT2D eigenvalue weighted by molar-refractivity contribution is 6.29. The Morgan fingerprint density at radius 3 is 2.14 bits per heavy atom. The minimum Gasteiger partial charge on any atom is -0.437 e. The molecule has 0 aliphatic heterocycles. The third-order valence-corrected chi connectivity index (χ3v) is 5.75. The first-order valence-electron chi connectivity index (χ1n) is 10.1. The summed E-state index contributed by atoms with van der Waals surface area (Å²) in [6, 6.07) is 11.3. The molecule has 0 saturated heterocycles. The number of fused-ring (bicyclic) bond motifs is 2. The molecule has 0 spiro atoms. The monoisotopic (exact) mass is 492 g/mol. The first-order chi connectivity index (χ1) is 17.2. The predicted octanol–water partition coefficient (Wildman–Crippen LogP) is 5.61. The van der Waals surface area contributed by atoms with E-state index < -0.39 is 46.3 Å². The second-order valence-corrected chi connectivity index (χ2v) is 7.68. The number of halogens is 5. The van der Waals surface area contributed by atoms with Gasteiger partial charge in [0, 0.05) is 29.8 Å². The number of furan rings is 1. The van der Waals surface area contributed by atoms with Gasteiger partial charge >= 0.3 is 0 Å². The summed E-state index contributed by atoms with van der Waals surface area (Å²) in [5.74, 6) is -11.6. The van der Waals surface area contributed by atoms with Crippen molar-refractivity contribution in [1.29, 1.82) is 10.5 Å². The normalized spacial score (nSPS) is 13.8. The van der Waals surface area contributed by atoms with Crippen LogP contribution in [0.4, 0.5) is 22.0 Å². The molecule has 0 saturated carbocycles. The lowest BCUT2D eigenvalue weighted by Gasteiger charge is -2.08. The first-order valence-corrected chi connectivity index (χ1v) is 10.1. The fourth-order valence-corrected chi connectivity index (χ4v) is 4.08. The Bertz CT molecular complexity index is 1750. The number of hydrogen-bond donors (Lipinski definition) is 0. The summed E-state index contributed by atoms with van der Waals surface area (Å²) in [4.78, 5) is 16.9. The molecule has 0 N–H and O–H groups in total. The summed E-state index contributed by atoms with van der Waals surface area (Å²) in [6.45, 7) is 0. The van der Waals surface area contributed by atoms with E-state index >= 15 is 0 Å². The lowest BCUT2D eigenvalue weighted by molar-refractivity contribution is 0.104. The summed E-state index contributed by atoms with van der Waals surface area (Å²) < 4.78 is 76.0. The van der Waals surface area contributed by atoms with Crippen LogP contribution in [0, 0.1) is 51.7 Å². The van der Waals surface area contributed by atoms with Crippen LogP contribution in [0.1, 0.15) is 21.7 Å². The van der Waals surface area contributed by atoms with Gasteiger partial charge in [-0.15, -0.1) is 0 Å². The Hall–Kier alpha value is -5.03. The summed E-state index contributed by atoms with van der Waals surface area (Å²) in [5.41, 5.74) is -0.793. The first kappa shape index (κ1) is 22.7. The number of Topliss-reactive ketones (excluding diaryl/α,β-unsaturated/α-hetero) is 1. The fraction of sp³-hybridized carbons (Fsp3) is 0.0400. The third-order valence-electron chi connectivity index (χ3n) is 5.75. The molecule has 0 atom stereocenters. The number of nitrogens with zero attached hydrogens (tertiary/aromatic N) is 4. The number of nitriles is 2. The van der Waals surface area contributed by atoms with Gasteiger partial charge in [-0.2, -0.15) is 15.5 Å². The number of rotatable bonds is 2. The Kier molecular flexibility index (Phi) is 5.07. The molecule has 2 aromatic heterocycles. The molecule has 0 amide bonds. The number of ketones is 1. The van der Waals surface area contributed by atoms with Crippen molar-refractivity contribution in [3.63, 3.8) is 0 Å². The minimum atomic E-state index is -2.29. The maximum atomic E-state index is 14.3. The largest absolute Gasteiger partial charge is 0.437 e. The molecule has 6 nitrogen and oxygen atoms in total. The summed E-state index contributed by atoms with van der Waals surface area (Å²) in [7, 11) is 1.28. The van der Waals surface area contributed by atoms with Gasteiger partial charge in [-0.3, -0.25) is 4.79 Å². The lowest BCUT2D eigenvalue weighted by Crippen LogP contribution is -2.06. The number of allylic oxidation sites excluding steroid dienone is 3. The Labute approximate surface area is 198 Å². The molecule has 176 valence electrons. The number of benzene rings is 2. The van der Waals surface area contributed by atoms with Crippen LogP contribution in [0.5, 0.6) is 0 Å². The summed E-state index contributed by atoms with van der Waals surface area (Å²) in [5, 5.41) is 18.8. The zero-order chi connectivity index (χ0) is 25.9. The maximum absolute atomic E-state index is 14.3. The van der Waals surface area contributed by atoms with Crippen LogP contribution in [0.3, 0.4) is 0 Å². The number of carbonyl (C=O) groups is 1. The van der Waals surface area contributed by atoms with Gasteiger partial charge in [0.1, 0.15) is 29.0 Å². The Balaban J connectivity index is 1.67. The van der Waals surface area contributed by atoms with Crippen LogP contribution in [0.2, 0.25) is 0 Å². The molecule has 11 heteroatoms. The molecule has 5 rings (SSSR count). The van der Waals surface area contributed by atoms with E-state index in [-0.39, 0.29) is 39.3 Å². The molecular weight excluding hydrogens is 483 g/mol. The van der Waals surface area contributed by atoms with E-state index in [0.29, 0.717) is 5.56 Å². The van der Waals surface area contributed by atoms with E-state index in [0.717, 1.165) is 4.57 Å². The zero-order valence-corrected chi connectivity index (χ0v) is 18.0. The molecule has 0 unspecified atom stereocenters. The number of hydrogen-bond acceptors (Lipinski definition) is 5. The number of aryl methyl sites for hydroxylation is 1. The van der Waals surface area contributed by atoms with Crippen LogP contribution in [0.15, 0.2) is 45.9 Å². The van der Waals surface area contributed by atoms with Crippen molar-refractivity contribution in [2.24, 2.45) is 7.05 Å². The number of aromatic nitrogens is 2. The van der Waals surface area contributed by atoms with Gasteiger partial charge in [0.15, 0.2) is 34.9 Å². The van der Waals surface area contributed by atoms with Gasteiger partial charge in [-0.1, -0.05) is 24.3 Å². The minimum absolute atomic E-state index is 0.00773. The highest BCUT2D eigenvalue weighted by Gasteiger charge is 2.33. The van der Waals surface area contributed by atoms with Crippen LogP contribution < -0.4 is 0 Å². The highest BCUT2D eigenvalue weighted by atomic mass is 19.2. The molecule has 0 radical (unpaired) electrons. The van der Waals surface area contributed by atoms with Gasteiger partial charge in [-0.25, -0.2) is 22.0 Å². The molecular formula is C25H9F5N4O2. The second kappa shape index (κ2) is 8.03. The van der Waals surface area contributed by atoms with Crippen molar-refractivity contribution in [2.45, 2.75) is 0 Å². The second-order valence-electron chi connectivity index (χ2n) is 7.68. The molecule has 0 bridgehead atoms. The molecule has 1 aliphatic rings. The van der Waals surface area contributed by atoms with Crippen molar-refractivity contribution < 1.29 is 31.2 Å². The molecule has 0 fully saturated rings. The third kappa shape index (κ3) is 3.07. The predicted molar refractivity (Wildman–Crippen MR) is 115 cm³/mol. The quantitative estimate of drug-likeness (QED) is 0.119. The van der Waals surface area contributed by atoms with E-state index in [1.54, 1.807) is 36.4 Å². The van der Waals surface area contributed by atoms with Crippen molar-refractivity contribution >= 4 is 28.7 Å². The molecule has 4 aromatic rings. The van der Waals surface area contributed by atoms with Gasteiger partial charge in [0.05, 0.1) is 5.56 Å². The number of imidazole rings is 1. The molecule has 1 aliphatic carbocycles. The maximum Gasteiger partial charge on any atom is 0.245 e. The van der Waals surface area contributed by atoms with Gasteiger partial charge < -0.3 is 8.98 Å². The van der Waals surface area contributed by atoms with Crippen molar-refractivity contribution in [3.8, 4) is 23.5 Å². The van der Waals surface area contributed by atoms with Gasteiger partial charge in [0.2, 0.25) is 11.5 Å². The smallest absolute Gasteiger partial charge is 0.245 e. The lowest BCUT2D eigenvalue weighted by atomic mass is 9.99. The number of carbonyl (C=O) groups excluding carboxylic acids is 1. The van der Waals surface area contributed by atoms with Crippen molar-refractivity contribution in [1.82, 2.24) is 9.55 Å². The van der Waals surface area contributed by atoms with Gasteiger partial charge in [-0.05, 0) is 11.6 Å². The Morgan fingerprint density at radius 1 is 0.972 bits per heavy atom. The summed E-state index contributed by atoms with van der Waals surface area (Å²) >= 11 is 0. The van der Waals surface area contributed by atoms with E-state index in [9.17, 15) is 37.3 Å². The Morgan fingerprint density at radius 2 is 1.56 bits per heavy atom. The van der Waals surface area contributed by atoms with Crippen LogP contribution in [-0.4, -0.2) is 15.3 Å². The molecule has 36 heavy (non-hydrogen) atoms. The molecule has 2 heterocycles. The van der Waals surface area contributed by atoms with E-state index in [1.807, 2.05) is 0 Å². The van der Waals surface area contributed by atoms with E-state index in [1.165, 1.54) is 19.2 Å². The average Bonchev–Trinajstić information content (AvgIpc) is 3.50. The van der Waals surface area contributed by atoms with Gasteiger partial charge in [0.25, 0.3) is 0 Å². The average molecular weight is 492 g/mol. The topological polar surface area (TPSA) is 95.6 Å².